The predicted molar refractivity (Wildman–Crippen MR) is 137 cm³/mol. The van der Waals surface area contributed by atoms with E-state index in [9.17, 15) is 14.9 Å². The summed E-state index contributed by atoms with van der Waals surface area (Å²) < 4.78 is 5.62. The van der Waals surface area contributed by atoms with Crippen LogP contribution in [0.25, 0.3) is 21.8 Å². The number of nitro benzene ring substituents is 1. The molecule has 0 saturated carbocycles. The van der Waals surface area contributed by atoms with Gasteiger partial charge in [0.1, 0.15) is 10.8 Å². The van der Waals surface area contributed by atoms with Crippen molar-refractivity contribution in [1.82, 2.24) is 4.98 Å². The number of carboxylic acids is 1. The van der Waals surface area contributed by atoms with Gasteiger partial charge in [0.25, 0.3) is 5.69 Å². The molecule has 0 bridgehead atoms. The van der Waals surface area contributed by atoms with Gasteiger partial charge in [0, 0.05) is 44.7 Å². The van der Waals surface area contributed by atoms with Crippen LogP contribution >= 0.6 is 23.1 Å². The number of thioether (sulfide) groups is 1. The number of carboxylic acid groups (broad SMARTS) is 1. The fourth-order valence-electron chi connectivity index (χ4n) is 4.05. The number of rotatable bonds is 8. The molecule has 3 aromatic carbocycles. The summed E-state index contributed by atoms with van der Waals surface area (Å²) in [4.78, 5) is 27.8. The highest BCUT2D eigenvalue weighted by atomic mass is 32.2. The molecular formula is C26H20N2O5S2. The van der Waals surface area contributed by atoms with Crippen molar-refractivity contribution < 1.29 is 19.6 Å². The molecule has 0 radical (unpaired) electrons. The minimum absolute atomic E-state index is 0.0388. The van der Waals surface area contributed by atoms with E-state index in [1.165, 1.54) is 17.7 Å². The Hall–Kier alpha value is -3.69. The van der Waals surface area contributed by atoms with Crippen LogP contribution in [0.3, 0.4) is 0 Å². The van der Waals surface area contributed by atoms with Crippen LogP contribution in [-0.4, -0.2) is 27.6 Å². The van der Waals surface area contributed by atoms with E-state index in [0.29, 0.717) is 12.2 Å². The van der Waals surface area contributed by atoms with Gasteiger partial charge in [-0.2, -0.15) is 0 Å². The molecule has 0 amide bonds. The number of aromatic nitrogens is 1. The number of fused-ring (bicyclic) bond motifs is 3. The van der Waals surface area contributed by atoms with E-state index >= 15 is 0 Å². The summed E-state index contributed by atoms with van der Waals surface area (Å²) in [5, 5.41) is 21.0. The maximum atomic E-state index is 11.1. The normalized spacial score (nSPS) is 14.1. The lowest BCUT2D eigenvalue weighted by Crippen LogP contribution is -2.13. The number of hydrogen-bond donors (Lipinski definition) is 1. The number of benzene rings is 3. The lowest BCUT2D eigenvalue weighted by Gasteiger charge is -2.25. The molecule has 1 aromatic heterocycles. The summed E-state index contributed by atoms with van der Waals surface area (Å²) in [6, 6.07) is 22.3. The van der Waals surface area contributed by atoms with E-state index in [-0.39, 0.29) is 10.9 Å². The monoisotopic (exact) mass is 504 g/mol. The molecule has 176 valence electrons. The molecule has 0 spiro atoms. The van der Waals surface area contributed by atoms with Crippen molar-refractivity contribution in [3.05, 3.63) is 98.9 Å². The topological polar surface area (TPSA) is 103 Å². The molecular weight excluding hydrogens is 484 g/mol. The van der Waals surface area contributed by atoms with Crippen LogP contribution < -0.4 is 4.74 Å². The number of aliphatic carboxylic acids is 1. The second-order valence-electron chi connectivity index (χ2n) is 7.99. The minimum Gasteiger partial charge on any atom is -0.482 e. The Balaban J connectivity index is 1.54. The third-order valence-electron chi connectivity index (χ3n) is 5.69. The fraction of sp³-hybridized carbons (Fsp3) is 0.154. The van der Waals surface area contributed by atoms with E-state index in [2.05, 4.69) is 12.1 Å². The SMILES string of the molecule is O=C(O)COc1cccc2c1CC(SCc1ccccc1)c1sc(-c3ccc([N+](=O)[O-])cc3)nc1-2. The molecule has 1 aliphatic rings. The van der Waals surface area contributed by atoms with Crippen molar-refractivity contribution in [3.8, 4) is 27.6 Å². The highest BCUT2D eigenvalue weighted by Gasteiger charge is 2.31. The Bertz CT molecular complexity index is 1390. The van der Waals surface area contributed by atoms with Gasteiger partial charge < -0.3 is 9.84 Å². The van der Waals surface area contributed by atoms with Crippen LogP contribution in [0.5, 0.6) is 5.75 Å². The number of non-ortho nitro benzene ring substituents is 1. The lowest BCUT2D eigenvalue weighted by molar-refractivity contribution is -0.384. The summed E-state index contributed by atoms with van der Waals surface area (Å²) in [5.41, 5.74) is 4.83. The quantitative estimate of drug-likeness (QED) is 0.219. The predicted octanol–water partition coefficient (Wildman–Crippen LogP) is 6.38. The van der Waals surface area contributed by atoms with Gasteiger partial charge in [0.05, 0.1) is 10.6 Å². The first kappa shape index (κ1) is 23.1. The third kappa shape index (κ3) is 4.91. The smallest absolute Gasteiger partial charge is 0.341 e. The van der Waals surface area contributed by atoms with Gasteiger partial charge >= 0.3 is 5.97 Å². The van der Waals surface area contributed by atoms with Crippen molar-refractivity contribution in [3.63, 3.8) is 0 Å². The van der Waals surface area contributed by atoms with Gasteiger partial charge in [0.2, 0.25) is 0 Å². The Morgan fingerprint density at radius 1 is 1.11 bits per heavy atom. The van der Waals surface area contributed by atoms with E-state index in [1.807, 2.05) is 42.1 Å². The van der Waals surface area contributed by atoms with Crippen LogP contribution in [0, 0.1) is 10.1 Å². The van der Waals surface area contributed by atoms with Crippen molar-refractivity contribution >= 4 is 34.8 Å². The van der Waals surface area contributed by atoms with E-state index < -0.39 is 17.5 Å². The van der Waals surface area contributed by atoms with Gasteiger partial charge in [-0.1, -0.05) is 42.5 Å². The van der Waals surface area contributed by atoms with Gasteiger partial charge in [-0.3, -0.25) is 10.1 Å². The molecule has 9 heteroatoms. The molecule has 1 heterocycles. The number of carbonyl (C=O) groups is 1. The van der Waals surface area contributed by atoms with Crippen LogP contribution in [0.4, 0.5) is 5.69 Å². The maximum Gasteiger partial charge on any atom is 0.341 e. The maximum absolute atomic E-state index is 11.1. The second kappa shape index (κ2) is 9.89. The molecule has 5 rings (SSSR count). The summed E-state index contributed by atoms with van der Waals surface area (Å²) in [5.74, 6) is 0.359. The third-order valence-corrected chi connectivity index (χ3v) is 8.37. The van der Waals surface area contributed by atoms with Crippen molar-refractivity contribution in [2.24, 2.45) is 0 Å². The average molecular weight is 505 g/mol. The first-order valence-electron chi connectivity index (χ1n) is 10.9. The van der Waals surface area contributed by atoms with Crippen LogP contribution in [0.2, 0.25) is 0 Å². The summed E-state index contributed by atoms with van der Waals surface area (Å²) in [6.07, 6.45) is 0.692. The van der Waals surface area contributed by atoms with Gasteiger partial charge in [-0.15, -0.1) is 23.1 Å². The summed E-state index contributed by atoms with van der Waals surface area (Å²) in [6.45, 7) is -0.407. The molecule has 7 nitrogen and oxygen atoms in total. The Kier molecular flexibility index (Phi) is 6.52. The Morgan fingerprint density at radius 2 is 1.89 bits per heavy atom. The largest absolute Gasteiger partial charge is 0.482 e. The van der Waals surface area contributed by atoms with Crippen LogP contribution in [-0.2, 0) is 17.0 Å². The van der Waals surface area contributed by atoms with E-state index in [1.54, 1.807) is 29.5 Å². The molecule has 0 aliphatic heterocycles. The van der Waals surface area contributed by atoms with Crippen molar-refractivity contribution in [2.45, 2.75) is 17.4 Å². The zero-order valence-corrected chi connectivity index (χ0v) is 20.1. The number of hydrogen-bond acceptors (Lipinski definition) is 7. The molecule has 4 aromatic rings. The molecule has 1 atom stereocenters. The molecule has 35 heavy (non-hydrogen) atoms. The van der Waals surface area contributed by atoms with E-state index in [4.69, 9.17) is 14.8 Å². The Morgan fingerprint density at radius 3 is 2.60 bits per heavy atom. The number of thiazole rings is 1. The van der Waals surface area contributed by atoms with Crippen molar-refractivity contribution in [2.75, 3.05) is 6.61 Å². The highest BCUT2D eigenvalue weighted by molar-refractivity contribution is 7.98. The van der Waals surface area contributed by atoms with Crippen LogP contribution in [0.1, 0.15) is 21.3 Å². The molecule has 1 aliphatic carbocycles. The molecule has 0 saturated heterocycles. The van der Waals surface area contributed by atoms with Gasteiger partial charge in [0.15, 0.2) is 6.61 Å². The fourth-order valence-corrected chi connectivity index (χ4v) is 6.60. The zero-order valence-electron chi connectivity index (χ0n) is 18.4. The number of nitro groups is 1. The lowest BCUT2D eigenvalue weighted by atomic mass is 9.92. The molecule has 1 N–H and O–H groups in total. The summed E-state index contributed by atoms with van der Waals surface area (Å²) >= 11 is 3.41. The van der Waals surface area contributed by atoms with Gasteiger partial charge in [-0.05, 0) is 30.2 Å². The van der Waals surface area contributed by atoms with Crippen molar-refractivity contribution in [1.29, 1.82) is 0 Å². The summed E-state index contributed by atoms with van der Waals surface area (Å²) in [7, 11) is 0. The number of ether oxygens (including phenoxy) is 1. The number of nitrogens with zero attached hydrogens (tertiary/aromatic N) is 2. The second-order valence-corrected chi connectivity index (χ2v) is 10.2. The highest BCUT2D eigenvalue weighted by Crippen LogP contribution is 2.51. The Labute approximate surface area is 209 Å². The van der Waals surface area contributed by atoms with Gasteiger partial charge in [-0.25, -0.2) is 9.78 Å². The molecule has 0 fully saturated rings. The minimum atomic E-state index is -1.02. The first-order chi connectivity index (χ1) is 17.0. The standard InChI is InChI=1S/C26H20N2O5S2/c29-23(30)14-33-21-8-4-7-19-20(21)13-22(34-15-16-5-2-1-3-6-16)25-24(19)27-26(35-25)17-9-11-18(12-10-17)28(31)32/h1-12,22H,13-15H2,(H,29,30). The van der Waals surface area contributed by atoms with E-state index in [0.717, 1.165) is 38.0 Å². The average Bonchev–Trinajstić information content (AvgIpc) is 3.33. The van der Waals surface area contributed by atoms with Crippen LogP contribution in [0.15, 0.2) is 72.8 Å². The molecule has 1 unspecified atom stereocenters. The first-order valence-corrected chi connectivity index (χ1v) is 12.7. The zero-order chi connectivity index (χ0) is 24.4.